The molecule has 0 aliphatic heterocycles. The Bertz CT molecular complexity index is 1060. The van der Waals surface area contributed by atoms with Gasteiger partial charge in [-0.05, 0) is 73.6 Å². The van der Waals surface area contributed by atoms with E-state index in [1.807, 2.05) is 55.5 Å². The molecule has 1 atom stereocenters. The molecule has 0 unspecified atom stereocenters. The Kier molecular flexibility index (Phi) is 5.94. The molecule has 0 heterocycles. The van der Waals surface area contributed by atoms with Gasteiger partial charge < -0.3 is 10.6 Å². The van der Waals surface area contributed by atoms with Crippen LogP contribution in [0.25, 0.3) is 0 Å². The monoisotopic (exact) mass is 398 g/mol. The number of hydrogen-bond donors (Lipinski definition) is 2. The average molecular weight is 399 g/mol. The van der Waals surface area contributed by atoms with Crippen LogP contribution in [0.4, 0.5) is 5.69 Å². The van der Waals surface area contributed by atoms with E-state index in [0.29, 0.717) is 16.8 Å². The van der Waals surface area contributed by atoms with E-state index in [2.05, 4.69) is 16.7 Å². The lowest BCUT2D eigenvalue weighted by molar-refractivity contribution is 0.0941. The minimum absolute atomic E-state index is 0.136. The Morgan fingerprint density at radius 2 is 1.50 bits per heavy atom. The largest absolute Gasteiger partial charge is 0.345 e. The van der Waals surface area contributed by atoms with E-state index in [0.717, 1.165) is 18.4 Å². The Balaban J connectivity index is 1.50. The van der Waals surface area contributed by atoms with Crippen molar-refractivity contribution < 1.29 is 9.59 Å². The van der Waals surface area contributed by atoms with Crippen molar-refractivity contribution in [1.29, 1.82) is 0 Å². The molecule has 30 heavy (non-hydrogen) atoms. The molecule has 1 aliphatic carbocycles. The van der Waals surface area contributed by atoms with Crippen LogP contribution >= 0.6 is 0 Å². The first-order chi connectivity index (χ1) is 14.6. The molecule has 0 saturated heterocycles. The lowest BCUT2D eigenvalue weighted by Crippen LogP contribution is -2.28. The molecular weight excluding hydrogens is 372 g/mol. The van der Waals surface area contributed by atoms with Crippen LogP contribution in [0.15, 0.2) is 72.8 Å². The molecule has 0 bridgehead atoms. The van der Waals surface area contributed by atoms with Crippen LogP contribution in [0.2, 0.25) is 0 Å². The molecule has 2 N–H and O–H groups in total. The Morgan fingerprint density at radius 3 is 2.30 bits per heavy atom. The maximum atomic E-state index is 12.9. The highest BCUT2D eigenvalue weighted by molar-refractivity contribution is 6.09. The molecule has 4 nitrogen and oxygen atoms in total. The summed E-state index contributed by atoms with van der Waals surface area (Å²) in [5.41, 5.74) is 5.22. The third-order valence-corrected chi connectivity index (χ3v) is 5.68. The van der Waals surface area contributed by atoms with Crippen LogP contribution in [-0.4, -0.2) is 11.8 Å². The second kappa shape index (κ2) is 8.95. The number of benzene rings is 3. The number of carbonyl (C=O) groups excluding carboxylic acids is 2. The summed E-state index contributed by atoms with van der Waals surface area (Å²) in [6.45, 7) is 1.95. The summed E-state index contributed by atoms with van der Waals surface area (Å²) in [5.74, 6) is -0.410. The van der Waals surface area contributed by atoms with E-state index < -0.39 is 0 Å². The molecular formula is C26H26N2O2. The number of nitrogens with one attached hydrogen (secondary N) is 2. The molecule has 0 aromatic heterocycles. The van der Waals surface area contributed by atoms with Crippen LogP contribution < -0.4 is 10.6 Å². The zero-order valence-electron chi connectivity index (χ0n) is 17.2. The molecule has 4 rings (SSSR count). The first kappa shape index (κ1) is 19.9. The van der Waals surface area contributed by atoms with Crippen molar-refractivity contribution in [3.05, 3.63) is 101 Å². The summed E-state index contributed by atoms with van der Waals surface area (Å²) in [6.07, 6.45) is 4.48. The molecule has 0 saturated carbocycles. The predicted octanol–water partition coefficient (Wildman–Crippen LogP) is 5.31. The number of anilines is 1. The van der Waals surface area contributed by atoms with Crippen LogP contribution in [-0.2, 0) is 12.8 Å². The third-order valence-electron chi connectivity index (χ3n) is 5.68. The molecule has 152 valence electrons. The van der Waals surface area contributed by atoms with E-state index in [9.17, 15) is 9.59 Å². The van der Waals surface area contributed by atoms with Crippen molar-refractivity contribution in [2.75, 3.05) is 5.32 Å². The van der Waals surface area contributed by atoms with Gasteiger partial charge in [-0.3, -0.25) is 9.59 Å². The minimum Gasteiger partial charge on any atom is -0.345 e. The molecule has 4 heteroatoms. The summed E-state index contributed by atoms with van der Waals surface area (Å²) >= 11 is 0. The van der Waals surface area contributed by atoms with Gasteiger partial charge >= 0.3 is 0 Å². The molecule has 0 fully saturated rings. The van der Waals surface area contributed by atoms with Gasteiger partial charge in [0.05, 0.1) is 17.3 Å². The maximum absolute atomic E-state index is 12.9. The van der Waals surface area contributed by atoms with Gasteiger partial charge in [-0.2, -0.15) is 0 Å². The zero-order valence-corrected chi connectivity index (χ0v) is 17.2. The third kappa shape index (κ3) is 4.43. The highest BCUT2D eigenvalue weighted by Crippen LogP contribution is 2.23. The van der Waals surface area contributed by atoms with Crippen molar-refractivity contribution in [3.8, 4) is 0 Å². The number of aryl methyl sites for hydroxylation is 2. The predicted molar refractivity (Wildman–Crippen MR) is 120 cm³/mol. The standard InChI is InChI=1S/C26H26N2O2/c1-18(19-9-3-2-4-10-19)27-26(30)23-13-7-8-14-24(23)28-25(29)22-16-15-20-11-5-6-12-21(20)17-22/h2-4,7-10,13-18H,5-6,11-12H2,1H3,(H,27,30)(H,28,29)/t18-/m0/s1. The van der Waals surface area contributed by atoms with E-state index in [1.54, 1.807) is 18.2 Å². The second-order valence-corrected chi connectivity index (χ2v) is 7.80. The molecule has 2 amide bonds. The van der Waals surface area contributed by atoms with Gasteiger partial charge in [-0.25, -0.2) is 0 Å². The molecule has 3 aromatic carbocycles. The normalized spacial score (nSPS) is 13.8. The van der Waals surface area contributed by atoms with E-state index in [1.165, 1.54) is 24.0 Å². The average Bonchev–Trinajstić information content (AvgIpc) is 2.79. The van der Waals surface area contributed by atoms with Crippen molar-refractivity contribution in [2.24, 2.45) is 0 Å². The van der Waals surface area contributed by atoms with Gasteiger partial charge in [0, 0.05) is 5.56 Å². The van der Waals surface area contributed by atoms with Crippen LogP contribution in [0.1, 0.15) is 63.2 Å². The summed E-state index contributed by atoms with van der Waals surface area (Å²) < 4.78 is 0. The first-order valence-corrected chi connectivity index (χ1v) is 10.5. The summed E-state index contributed by atoms with van der Waals surface area (Å²) in [4.78, 5) is 25.8. The fraction of sp³-hybridized carbons (Fsp3) is 0.231. The van der Waals surface area contributed by atoms with Gasteiger partial charge in [0.1, 0.15) is 0 Å². The zero-order chi connectivity index (χ0) is 20.9. The Morgan fingerprint density at radius 1 is 0.800 bits per heavy atom. The lowest BCUT2D eigenvalue weighted by Gasteiger charge is -2.18. The van der Waals surface area contributed by atoms with Gasteiger partial charge in [0.15, 0.2) is 0 Å². The topological polar surface area (TPSA) is 58.2 Å². The lowest BCUT2D eigenvalue weighted by atomic mass is 9.90. The van der Waals surface area contributed by atoms with E-state index >= 15 is 0 Å². The number of amides is 2. The number of hydrogen-bond acceptors (Lipinski definition) is 2. The first-order valence-electron chi connectivity index (χ1n) is 10.5. The molecule has 0 spiro atoms. The van der Waals surface area contributed by atoms with E-state index in [-0.39, 0.29) is 17.9 Å². The Labute approximate surface area is 177 Å². The van der Waals surface area contributed by atoms with Crippen LogP contribution in [0.3, 0.4) is 0 Å². The van der Waals surface area contributed by atoms with Crippen molar-refractivity contribution in [2.45, 2.75) is 38.6 Å². The quantitative estimate of drug-likeness (QED) is 0.612. The number of fused-ring (bicyclic) bond motifs is 1. The minimum atomic E-state index is -0.215. The summed E-state index contributed by atoms with van der Waals surface area (Å²) in [5, 5.41) is 5.94. The fourth-order valence-corrected chi connectivity index (χ4v) is 3.96. The van der Waals surface area contributed by atoms with Crippen LogP contribution in [0, 0.1) is 0 Å². The van der Waals surface area contributed by atoms with Crippen LogP contribution in [0.5, 0.6) is 0 Å². The van der Waals surface area contributed by atoms with Crippen molar-refractivity contribution in [3.63, 3.8) is 0 Å². The number of rotatable bonds is 5. The fourth-order valence-electron chi connectivity index (χ4n) is 3.96. The van der Waals surface area contributed by atoms with Gasteiger partial charge in [-0.1, -0.05) is 48.5 Å². The highest BCUT2D eigenvalue weighted by Gasteiger charge is 2.18. The van der Waals surface area contributed by atoms with E-state index in [4.69, 9.17) is 0 Å². The molecule has 0 radical (unpaired) electrons. The highest BCUT2D eigenvalue weighted by atomic mass is 16.2. The second-order valence-electron chi connectivity index (χ2n) is 7.80. The Hall–Kier alpha value is -3.40. The number of carbonyl (C=O) groups is 2. The maximum Gasteiger partial charge on any atom is 0.255 e. The van der Waals surface area contributed by atoms with Gasteiger partial charge in [-0.15, -0.1) is 0 Å². The smallest absolute Gasteiger partial charge is 0.255 e. The molecule has 3 aromatic rings. The van der Waals surface area contributed by atoms with Crippen molar-refractivity contribution in [1.82, 2.24) is 5.32 Å². The summed E-state index contributed by atoms with van der Waals surface area (Å²) in [7, 11) is 0. The number of para-hydroxylation sites is 1. The van der Waals surface area contributed by atoms with Crippen molar-refractivity contribution >= 4 is 17.5 Å². The SMILES string of the molecule is C[C@H](NC(=O)c1ccccc1NC(=O)c1ccc2c(c1)CCCC2)c1ccccc1. The summed E-state index contributed by atoms with van der Waals surface area (Å²) in [6, 6.07) is 22.7. The molecule has 1 aliphatic rings. The van der Waals surface area contributed by atoms with Gasteiger partial charge in [0.25, 0.3) is 11.8 Å². The van der Waals surface area contributed by atoms with Gasteiger partial charge in [0.2, 0.25) is 0 Å².